The molecule has 1 aliphatic rings. The zero-order valence-corrected chi connectivity index (χ0v) is 16.1. The van der Waals surface area contributed by atoms with Gasteiger partial charge < -0.3 is 18.9 Å². The summed E-state index contributed by atoms with van der Waals surface area (Å²) >= 11 is 0. The van der Waals surface area contributed by atoms with E-state index in [2.05, 4.69) is 9.97 Å². The fourth-order valence-electron chi connectivity index (χ4n) is 2.80. The number of rotatable bonds is 7. The molecule has 1 saturated heterocycles. The van der Waals surface area contributed by atoms with Crippen LogP contribution in [0.25, 0.3) is 0 Å². The quantitative estimate of drug-likeness (QED) is 0.693. The summed E-state index contributed by atoms with van der Waals surface area (Å²) in [6.07, 6.45) is 3.16. The minimum absolute atomic E-state index is 0.141. The zero-order valence-electron chi connectivity index (χ0n) is 15.3. The lowest BCUT2D eigenvalue weighted by atomic mass is 10.3. The maximum Gasteiger partial charge on any atom is 0.243 e. The van der Waals surface area contributed by atoms with Crippen molar-refractivity contribution in [3.05, 3.63) is 30.6 Å². The second-order valence-electron chi connectivity index (χ2n) is 5.81. The molecule has 1 fully saturated rings. The molecule has 1 atom stereocenters. The normalized spacial score (nSPS) is 17.5. The highest BCUT2D eigenvalue weighted by Gasteiger charge is 2.34. The molecule has 0 aliphatic carbocycles. The highest BCUT2D eigenvalue weighted by atomic mass is 32.2. The molecular weight excluding hydrogens is 374 g/mol. The van der Waals surface area contributed by atoms with Gasteiger partial charge in [-0.3, -0.25) is 4.98 Å². The second kappa shape index (κ2) is 7.97. The predicted octanol–water partition coefficient (Wildman–Crippen LogP) is 1.34. The van der Waals surface area contributed by atoms with Crippen LogP contribution in [-0.4, -0.2) is 63.2 Å². The Labute approximate surface area is 157 Å². The zero-order chi connectivity index (χ0) is 19.4. The summed E-state index contributed by atoms with van der Waals surface area (Å²) < 4.78 is 48.4. The van der Waals surface area contributed by atoms with E-state index in [4.69, 9.17) is 18.9 Å². The third kappa shape index (κ3) is 4.06. The topological polar surface area (TPSA) is 100 Å². The highest BCUT2D eigenvalue weighted by Crippen LogP contribution is 2.32. The smallest absolute Gasteiger partial charge is 0.243 e. The lowest BCUT2D eigenvalue weighted by molar-refractivity contribution is 0.203. The number of aromatic nitrogens is 2. The van der Waals surface area contributed by atoms with Gasteiger partial charge in [0.25, 0.3) is 0 Å². The molecule has 10 heteroatoms. The summed E-state index contributed by atoms with van der Waals surface area (Å²) in [5, 5.41) is 0. The Balaban J connectivity index is 1.73. The Kier molecular flexibility index (Phi) is 5.66. The van der Waals surface area contributed by atoms with Crippen LogP contribution < -0.4 is 18.9 Å². The third-order valence-electron chi connectivity index (χ3n) is 4.19. The van der Waals surface area contributed by atoms with Crippen LogP contribution in [0.2, 0.25) is 0 Å². The van der Waals surface area contributed by atoms with Gasteiger partial charge in [-0.15, -0.1) is 0 Å². The van der Waals surface area contributed by atoms with Crippen molar-refractivity contribution in [1.82, 2.24) is 14.3 Å². The van der Waals surface area contributed by atoms with E-state index in [1.807, 2.05) is 0 Å². The first-order valence-electron chi connectivity index (χ1n) is 8.22. The number of hydrogen-bond acceptors (Lipinski definition) is 8. The maximum atomic E-state index is 12.9. The molecule has 3 rings (SSSR count). The fourth-order valence-corrected chi connectivity index (χ4v) is 4.30. The first kappa shape index (κ1) is 19.2. The highest BCUT2D eigenvalue weighted by molar-refractivity contribution is 7.89. The Morgan fingerprint density at radius 3 is 2.48 bits per heavy atom. The standard InChI is InChI=1S/C17H21N3O6S/c1-23-14-5-4-13(8-15(14)24-2)27(21,22)20-7-6-12(11-20)26-17-10-18-9-16(19-17)25-3/h4-5,8-10,12H,6-7,11H2,1-3H3/t12-/m0/s1. The van der Waals surface area contributed by atoms with E-state index < -0.39 is 10.0 Å². The summed E-state index contributed by atoms with van der Waals surface area (Å²) in [6.45, 7) is 0.564. The lowest BCUT2D eigenvalue weighted by Crippen LogP contribution is -2.31. The number of hydrogen-bond donors (Lipinski definition) is 0. The van der Waals surface area contributed by atoms with Crippen LogP contribution in [-0.2, 0) is 10.0 Å². The fraction of sp³-hybridized carbons (Fsp3) is 0.412. The molecule has 27 heavy (non-hydrogen) atoms. The van der Waals surface area contributed by atoms with Gasteiger partial charge >= 0.3 is 0 Å². The molecule has 0 N–H and O–H groups in total. The van der Waals surface area contributed by atoms with E-state index in [0.29, 0.717) is 36.2 Å². The molecule has 146 valence electrons. The lowest BCUT2D eigenvalue weighted by Gasteiger charge is -2.18. The summed E-state index contributed by atoms with van der Waals surface area (Å²) in [4.78, 5) is 8.26. The number of methoxy groups -OCH3 is 3. The van der Waals surface area contributed by atoms with Crippen molar-refractivity contribution in [3.8, 4) is 23.3 Å². The first-order chi connectivity index (χ1) is 13.0. The molecule has 0 radical (unpaired) electrons. The van der Waals surface area contributed by atoms with Gasteiger partial charge in [-0.1, -0.05) is 0 Å². The molecule has 0 unspecified atom stereocenters. The Bertz CT molecular complexity index is 905. The van der Waals surface area contributed by atoms with Crippen molar-refractivity contribution < 1.29 is 27.4 Å². The molecular formula is C17H21N3O6S. The minimum Gasteiger partial charge on any atom is -0.493 e. The van der Waals surface area contributed by atoms with Gasteiger partial charge in [-0.2, -0.15) is 9.29 Å². The van der Waals surface area contributed by atoms with Gasteiger partial charge in [-0.25, -0.2) is 8.42 Å². The largest absolute Gasteiger partial charge is 0.493 e. The average molecular weight is 395 g/mol. The van der Waals surface area contributed by atoms with E-state index in [1.165, 1.54) is 50.2 Å². The minimum atomic E-state index is -3.68. The van der Waals surface area contributed by atoms with Gasteiger partial charge in [0.2, 0.25) is 21.8 Å². The van der Waals surface area contributed by atoms with Crippen molar-refractivity contribution in [2.75, 3.05) is 34.4 Å². The molecule has 2 aromatic rings. The van der Waals surface area contributed by atoms with Crippen LogP contribution in [0.5, 0.6) is 23.3 Å². The molecule has 0 amide bonds. The van der Waals surface area contributed by atoms with Gasteiger partial charge in [0.1, 0.15) is 6.10 Å². The molecule has 0 spiro atoms. The molecule has 0 bridgehead atoms. The van der Waals surface area contributed by atoms with Crippen molar-refractivity contribution in [2.24, 2.45) is 0 Å². The molecule has 1 aromatic carbocycles. The molecule has 1 aromatic heterocycles. The van der Waals surface area contributed by atoms with Crippen molar-refractivity contribution >= 4 is 10.0 Å². The van der Waals surface area contributed by atoms with Gasteiger partial charge in [0.05, 0.1) is 45.2 Å². The van der Waals surface area contributed by atoms with Gasteiger partial charge in [-0.05, 0) is 18.6 Å². The average Bonchev–Trinajstić information content (AvgIpc) is 3.16. The van der Waals surface area contributed by atoms with Crippen LogP contribution in [0.1, 0.15) is 6.42 Å². The Morgan fingerprint density at radius 1 is 1.04 bits per heavy atom. The van der Waals surface area contributed by atoms with Crippen molar-refractivity contribution in [2.45, 2.75) is 17.4 Å². The van der Waals surface area contributed by atoms with Crippen LogP contribution in [0.4, 0.5) is 0 Å². The van der Waals surface area contributed by atoms with E-state index in [1.54, 1.807) is 6.07 Å². The van der Waals surface area contributed by atoms with E-state index >= 15 is 0 Å². The number of benzene rings is 1. The summed E-state index contributed by atoms with van der Waals surface area (Å²) in [5.74, 6) is 1.46. The van der Waals surface area contributed by atoms with Gasteiger partial charge in [0, 0.05) is 12.6 Å². The molecule has 0 saturated carbocycles. The summed E-state index contributed by atoms with van der Waals surface area (Å²) in [6, 6.07) is 4.52. The van der Waals surface area contributed by atoms with E-state index in [0.717, 1.165) is 0 Å². The SMILES string of the molecule is COc1cncc(O[C@H]2CCN(S(=O)(=O)c3ccc(OC)c(OC)c3)C2)n1. The Hall–Kier alpha value is -2.59. The van der Waals surface area contributed by atoms with Crippen LogP contribution in [0.3, 0.4) is 0 Å². The summed E-state index contributed by atoms with van der Waals surface area (Å²) in [5.41, 5.74) is 0. The molecule has 2 heterocycles. The monoisotopic (exact) mass is 395 g/mol. The number of sulfonamides is 1. The molecule has 1 aliphatic heterocycles. The first-order valence-corrected chi connectivity index (χ1v) is 9.66. The predicted molar refractivity (Wildman–Crippen MR) is 95.9 cm³/mol. The van der Waals surface area contributed by atoms with Crippen LogP contribution in [0.15, 0.2) is 35.5 Å². The second-order valence-corrected chi connectivity index (χ2v) is 7.75. The number of nitrogens with zero attached hydrogens (tertiary/aromatic N) is 3. The summed E-state index contributed by atoms with van der Waals surface area (Å²) in [7, 11) is 0.767. The van der Waals surface area contributed by atoms with E-state index in [9.17, 15) is 8.42 Å². The van der Waals surface area contributed by atoms with Crippen molar-refractivity contribution in [1.29, 1.82) is 0 Å². The van der Waals surface area contributed by atoms with Crippen LogP contribution in [0, 0.1) is 0 Å². The van der Waals surface area contributed by atoms with Crippen LogP contribution >= 0.6 is 0 Å². The van der Waals surface area contributed by atoms with Gasteiger partial charge in [0.15, 0.2) is 11.5 Å². The third-order valence-corrected chi connectivity index (χ3v) is 6.05. The van der Waals surface area contributed by atoms with Crippen molar-refractivity contribution in [3.63, 3.8) is 0 Å². The Morgan fingerprint density at radius 2 is 1.78 bits per heavy atom. The van der Waals surface area contributed by atoms with E-state index in [-0.39, 0.29) is 17.5 Å². The maximum absolute atomic E-state index is 12.9. The number of ether oxygens (including phenoxy) is 4. The molecule has 9 nitrogen and oxygen atoms in total.